The number of aromatic nitrogens is 3. The molecule has 0 radical (unpaired) electrons. The van der Waals surface area contributed by atoms with Gasteiger partial charge in [-0.05, 0) is 24.3 Å². The molecule has 0 aromatic carbocycles. The van der Waals surface area contributed by atoms with Crippen molar-refractivity contribution in [2.24, 2.45) is 5.73 Å². The highest BCUT2D eigenvalue weighted by Gasteiger charge is 2.22. The molecule has 1 atom stereocenters. The van der Waals surface area contributed by atoms with Gasteiger partial charge in [0, 0.05) is 37.5 Å². The normalized spacial score (nSPS) is 16.9. The molecule has 2 aromatic rings. The molecule has 3 rings (SSSR count). The van der Waals surface area contributed by atoms with Gasteiger partial charge in [0.1, 0.15) is 12.4 Å². The van der Waals surface area contributed by atoms with E-state index in [4.69, 9.17) is 10.5 Å². The number of nitrogens with two attached hydrogens (primary N) is 1. The van der Waals surface area contributed by atoms with Crippen LogP contribution in [0.3, 0.4) is 0 Å². The predicted molar refractivity (Wildman–Crippen MR) is 99.0 cm³/mol. The fraction of sp³-hybridized carbons (Fsp3) is 0.588. The fourth-order valence-electron chi connectivity index (χ4n) is 3.06. The molecule has 1 aliphatic heterocycles. The van der Waals surface area contributed by atoms with Crippen molar-refractivity contribution in [2.45, 2.75) is 44.9 Å². The summed E-state index contributed by atoms with van der Waals surface area (Å²) in [5.41, 5.74) is 5.74. The van der Waals surface area contributed by atoms with E-state index in [1.54, 1.807) is 27.9 Å². The summed E-state index contributed by atoms with van der Waals surface area (Å²) in [5.74, 6) is 0.583. The van der Waals surface area contributed by atoms with Crippen LogP contribution >= 0.6 is 11.3 Å². The topological polar surface area (TPSA) is 95.4 Å². The summed E-state index contributed by atoms with van der Waals surface area (Å²) < 4.78 is 8.05. The van der Waals surface area contributed by atoms with Crippen LogP contribution in [0.4, 0.5) is 0 Å². The van der Waals surface area contributed by atoms with Gasteiger partial charge in [0.05, 0.1) is 13.2 Å². The molecule has 1 unspecified atom stereocenters. The molecular weight excluding hydrogens is 354 g/mol. The average Bonchev–Trinajstić information content (AvgIpc) is 3.19. The molecule has 9 heteroatoms. The molecule has 0 saturated carbocycles. The third-order valence-corrected chi connectivity index (χ3v) is 5.45. The molecule has 2 N–H and O–H groups in total. The summed E-state index contributed by atoms with van der Waals surface area (Å²) in [6.07, 6.45) is 2.23. The van der Waals surface area contributed by atoms with Gasteiger partial charge in [0.2, 0.25) is 5.91 Å². The monoisotopic (exact) mass is 379 g/mol. The first-order valence-corrected chi connectivity index (χ1v) is 9.67. The maximum Gasteiger partial charge on any atom is 0.346 e. The second-order valence-electron chi connectivity index (χ2n) is 6.48. The summed E-state index contributed by atoms with van der Waals surface area (Å²) in [4.78, 5) is 28.2. The quantitative estimate of drug-likeness (QED) is 0.753. The number of fused-ring (bicyclic) bond motifs is 1. The smallest absolute Gasteiger partial charge is 0.346 e. The van der Waals surface area contributed by atoms with Crippen molar-refractivity contribution in [3.63, 3.8) is 0 Å². The van der Waals surface area contributed by atoms with E-state index in [1.807, 2.05) is 17.5 Å². The molecule has 0 saturated heterocycles. The zero-order valence-corrected chi connectivity index (χ0v) is 15.8. The molecule has 2 aromatic heterocycles. The Bertz CT molecular complexity index is 783. The zero-order valence-electron chi connectivity index (χ0n) is 15.0. The van der Waals surface area contributed by atoms with E-state index in [1.165, 1.54) is 4.68 Å². The number of ether oxygens (including phenoxy) is 1. The van der Waals surface area contributed by atoms with E-state index >= 15 is 0 Å². The van der Waals surface area contributed by atoms with Gasteiger partial charge in [-0.3, -0.25) is 9.36 Å². The highest BCUT2D eigenvalue weighted by Crippen LogP contribution is 2.13. The van der Waals surface area contributed by atoms with E-state index in [0.29, 0.717) is 32.7 Å². The number of hydrogen-bond donors (Lipinski definition) is 1. The summed E-state index contributed by atoms with van der Waals surface area (Å²) in [6, 6.07) is 4.05. The Kier molecular flexibility index (Phi) is 6.23. The fourth-order valence-corrected chi connectivity index (χ4v) is 3.78. The Morgan fingerprint density at radius 3 is 3.08 bits per heavy atom. The molecule has 0 aliphatic carbocycles. The number of carbonyl (C=O) groups is 1. The molecule has 1 aliphatic rings. The van der Waals surface area contributed by atoms with Crippen LogP contribution in [-0.4, -0.2) is 51.5 Å². The highest BCUT2D eigenvalue weighted by molar-refractivity contribution is 7.09. The molecule has 26 heavy (non-hydrogen) atoms. The van der Waals surface area contributed by atoms with Crippen LogP contribution in [0.2, 0.25) is 0 Å². The molecule has 3 heterocycles. The van der Waals surface area contributed by atoms with Gasteiger partial charge in [0.15, 0.2) is 0 Å². The number of carbonyl (C=O) groups excluding carboxylic acids is 1. The molecule has 0 bridgehead atoms. The Labute approximate surface area is 156 Å². The minimum atomic E-state index is -0.231. The van der Waals surface area contributed by atoms with E-state index in [9.17, 15) is 9.59 Å². The van der Waals surface area contributed by atoms with Crippen LogP contribution in [0.15, 0.2) is 22.3 Å². The second kappa shape index (κ2) is 8.61. The van der Waals surface area contributed by atoms with Crippen LogP contribution < -0.4 is 11.4 Å². The molecule has 0 spiro atoms. The van der Waals surface area contributed by atoms with Crippen molar-refractivity contribution in [3.8, 4) is 0 Å². The lowest BCUT2D eigenvalue weighted by molar-refractivity contribution is -0.133. The Hall–Kier alpha value is -1.97. The number of rotatable bonds is 7. The SMILES string of the molecule is COCCN(Cc1cccs1)C(=O)Cn1nc2n(c1=O)CCC(N)CC2. The average molecular weight is 379 g/mol. The minimum absolute atomic E-state index is 0.0556. The third kappa shape index (κ3) is 4.40. The van der Waals surface area contributed by atoms with Gasteiger partial charge in [-0.2, -0.15) is 5.10 Å². The number of aryl methyl sites for hydroxylation is 1. The first-order valence-electron chi connectivity index (χ1n) is 8.79. The largest absolute Gasteiger partial charge is 0.383 e. The maximum atomic E-state index is 12.8. The zero-order chi connectivity index (χ0) is 18.5. The highest BCUT2D eigenvalue weighted by atomic mass is 32.1. The Morgan fingerprint density at radius 1 is 1.50 bits per heavy atom. The summed E-state index contributed by atoms with van der Waals surface area (Å²) >= 11 is 1.60. The van der Waals surface area contributed by atoms with Gasteiger partial charge in [-0.1, -0.05) is 6.07 Å². The van der Waals surface area contributed by atoms with E-state index in [0.717, 1.165) is 23.5 Å². The van der Waals surface area contributed by atoms with Gasteiger partial charge in [0.25, 0.3) is 0 Å². The van der Waals surface area contributed by atoms with Crippen molar-refractivity contribution in [1.82, 2.24) is 19.2 Å². The lowest BCUT2D eigenvalue weighted by Crippen LogP contribution is -2.38. The van der Waals surface area contributed by atoms with Crippen LogP contribution in [0.25, 0.3) is 0 Å². The second-order valence-corrected chi connectivity index (χ2v) is 7.52. The van der Waals surface area contributed by atoms with E-state index in [-0.39, 0.29) is 24.2 Å². The van der Waals surface area contributed by atoms with Crippen molar-refractivity contribution in [1.29, 1.82) is 0 Å². The van der Waals surface area contributed by atoms with Crippen molar-refractivity contribution in [2.75, 3.05) is 20.3 Å². The van der Waals surface area contributed by atoms with E-state index < -0.39 is 0 Å². The minimum Gasteiger partial charge on any atom is -0.383 e. The van der Waals surface area contributed by atoms with Gasteiger partial charge in [-0.15, -0.1) is 11.3 Å². The number of amides is 1. The Balaban J connectivity index is 1.73. The molecule has 142 valence electrons. The van der Waals surface area contributed by atoms with Crippen LogP contribution in [-0.2, 0) is 35.6 Å². The van der Waals surface area contributed by atoms with Crippen LogP contribution in [0.5, 0.6) is 0 Å². The van der Waals surface area contributed by atoms with Crippen molar-refractivity contribution >= 4 is 17.2 Å². The first kappa shape index (κ1) is 18.8. The lowest BCUT2D eigenvalue weighted by Gasteiger charge is -2.21. The maximum absolute atomic E-state index is 12.8. The van der Waals surface area contributed by atoms with Gasteiger partial charge < -0.3 is 15.4 Å². The number of nitrogens with zero attached hydrogens (tertiary/aromatic N) is 4. The lowest BCUT2D eigenvalue weighted by atomic mass is 10.1. The molecule has 8 nitrogen and oxygen atoms in total. The Morgan fingerprint density at radius 2 is 2.35 bits per heavy atom. The van der Waals surface area contributed by atoms with Gasteiger partial charge >= 0.3 is 5.69 Å². The number of hydrogen-bond acceptors (Lipinski definition) is 6. The van der Waals surface area contributed by atoms with E-state index in [2.05, 4.69) is 5.10 Å². The van der Waals surface area contributed by atoms with Crippen molar-refractivity contribution < 1.29 is 9.53 Å². The third-order valence-electron chi connectivity index (χ3n) is 4.59. The van der Waals surface area contributed by atoms with Gasteiger partial charge in [-0.25, -0.2) is 9.48 Å². The molecular formula is C17H25N5O3S. The molecule has 0 fully saturated rings. The summed E-state index contributed by atoms with van der Waals surface area (Å²) in [5, 5.41) is 6.36. The van der Waals surface area contributed by atoms with Crippen molar-refractivity contribution in [3.05, 3.63) is 38.7 Å². The number of methoxy groups -OCH3 is 1. The van der Waals surface area contributed by atoms with Crippen LogP contribution in [0.1, 0.15) is 23.5 Å². The summed E-state index contributed by atoms with van der Waals surface area (Å²) in [6.45, 7) is 1.94. The first-order chi connectivity index (χ1) is 12.6. The summed E-state index contributed by atoms with van der Waals surface area (Å²) in [7, 11) is 1.61. The van der Waals surface area contributed by atoms with Crippen LogP contribution in [0, 0.1) is 0 Å². The standard InChI is InChI=1S/C17H25N5O3S/c1-25-9-8-20(11-14-3-2-10-26-14)16(23)12-22-17(24)21-7-6-13(18)4-5-15(21)19-22/h2-3,10,13H,4-9,11-12,18H2,1H3. The molecule has 1 amide bonds. The predicted octanol–water partition coefficient (Wildman–Crippen LogP) is 0.445. The number of thiophene rings is 1.